The number of aromatic nitrogens is 2. The second kappa shape index (κ2) is 5.27. The second-order valence-corrected chi connectivity index (χ2v) is 4.35. The molecule has 0 saturated carbocycles. The molecule has 1 heterocycles. The Morgan fingerprint density at radius 1 is 1.56 bits per heavy atom. The van der Waals surface area contributed by atoms with E-state index in [0.29, 0.717) is 17.1 Å². The Balaban J connectivity index is 2.27. The predicted octanol–water partition coefficient (Wildman–Crippen LogP) is 2.23. The van der Waals surface area contributed by atoms with Crippen LogP contribution in [-0.4, -0.2) is 22.1 Å². The number of halogens is 1. The summed E-state index contributed by atoms with van der Waals surface area (Å²) in [6.45, 7) is 2.41. The van der Waals surface area contributed by atoms with Gasteiger partial charge < -0.3 is 10.5 Å². The lowest BCUT2D eigenvalue weighted by Gasteiger charge is -2.06. The van der Waals surface area contributed by atoms with E-state index in [4.69, 9.17) is 22.1 Å². The van der Waals surface area contributed by atoms with Gasteiger partial charge >= 0.3 is 5.97 Å². The number of benzene rings is 1. The monoisotopic (exact) mass is 267 g/mol. The summed E-state index contributed by atoms with van der Waals surface area (Å²) >= 11 is 5.87. The molecule has 2 rings (SSSR count). The van der Waals surface area contributed by atoms with Crippen molar-refractivity contribution in [3.05, 3.63) is 23.2 Å². The molecular weight excluding hydrogens is 254 g/mol. The zero-order chi connectivity index (χ0) is 13.1. The van der Waals surface area contributed by atoms with Crippen LogP contribution in [0.25, 0.3) is 11.0 Å². The van der Waals surface area contributed by atoms with Gasteiger partial charge in [-0.2, -0.15) is 0 Å². The second-order valence-electron chi connectivity index (χ2n) is 3.91. The Morgan fingerprint density at radius 2 is 2.33 bits per heavy atom. The minimum Gasteiger partial charge on any atom is -0.464 e. The lowest BCUT2D eigenvalue weighted by Crippen LogP contribution is -2.15. The lowest BCUT2D eigenvalue weighted by molar-refractivity contribution is -0.144. The summed E-state index contributed by atoms with van der Waals surface area (Å²) in [5.74, 6) is -0.0430. The van der Waals surface area contributed by atoms with Crippen LogP contribution in [0, 0.1) is 0 Å². The molecule has 6 heteroatoms. The van der Waals surface area contributed by atoms with Gasteiger partial charge in [0.25, 0.3) is 0 Å². The van der Waals surface area contributed by atoms with E-state index in [-0.39, 0.29) is 18.5 Å². The first-order valence-electron chi connectivity index (χ1n) is 5.68. The average Bonchev–Trinajstić information content (AvgIpc) is 2.62. The van der Waals surface area contributed by atoms with Crippen LogP contribution in [0.4, 0.5) is 5.95 Å². The topological polar surface area (TPSA) is 70.1 Å². The van der Waals surface area contributed by atoms with Crippen LogP contribution in [0.15, 0.2) is 18.2 Å². The maximum absolute atomic E-state index is 11.6. The molecule has 0 saturated heterocycles. The summed E-state index contributed by atoms with van der Waals surface area (Å²) in [6.07, 6.45) is 0.793. The number of anilines is 1. The third-order valence-corrected chi connectivity index (χ3v) is 2.73. The fourth-order valence-corrected chi connectivity index (χ4v) is 1.84. The summed E-state index contributed by atoms with van der Waals surface area (Å²) in [5.41, 5.74) is 7.22. The molecular formula is C12H14ClN3O2. The van der Waals surface area contributed by atoms with Crippen LogP contribution >= 0.6 is 11.6 Å². The van der Waals surface area contributed by atoms with Crippen molar-refractivity contribution >= 4 is 34.6 Å². The molecule has 0 spiro atoms. The normalized spacial score (nSPS) is 10.8. The number of carbonyl (C=O) groups excluding carboxylic acids is 1. The van der Waals surface area contributed by atoms with Gasteiger partial charge in [0.2, 0.25) is 5.95 Å². The molecule has 0 bridgehead atoms. The summed E-state index contributed by atoms with van der Waals surface area (Å²) < 4.78 is 6.64. The highest BCUT2D eigenvalue weighted by Crippen LogP contribution is 2.21. The van der Waals surface area contributed by atoms with Crippen molar-refractivity contribution in [3.8, 4) is 0 Å². The fourth-order valence-electron chi connectivity index (χ4n) is 1.68. The van der Waals surface area contributed by atoms with E-state index in [1.807, 2.05) is 6.92 Å². The van der Waals surface area contributed by atoms with Crippen LogP contribution in [-0.2, 0) is 16.1 Å². The van der Waals surface area contributed by atoms with Crippen LogP contribution in [0.3, 0.4) is 0 Å². The van der Waals surface area contributed by atoms with E-state index in [9.17, 15) is 4.79 Å². The molecule has 0 unspecified atom stereocenters. The molecule has 0 fully saturated rings. The Bertz CT molecular complexity index is 580. The number of nitrogens with two attached hydrogens (primary N) is 1. The smallest absolute Gasteiger partial charge is 0.326 e. The fraction of sp³-hybridized carbons (Fsp3) is 0.333. The third kappa shape index (κ3) is 2.56. The summed E-state index contributed by atoms with van der Waals surface area (Å²) in [5, 5.41) is 0.584. The van der Waals surface area contributed by atoms with Gasteiger partial charge in [0.15, 0.2) is 0 Å². The molecule has 0 amide bonds. The zero-order valence-corrected chi connectivity index (χ0v) is 10.8. The molecule has 2 N–H and O–H groups in total. The Hall–Kier alpha value is -1.75. The van der Waals surface area contributed by atoms with Crippen molar-refractivity contribution in [1.82, 2.24) is 9.55 Å². The van der Waals surface area contributed by atoms with Gasteiger partial charge in [-0.05, 0) is 24.6 Å². The molecule has 0 atom stereocenters. The van der Waals surface area contributed by atoms with Crippen LogP contribution in [0.1, 0.15) is 13.3 Å². The van der Waals surface area contributed by atoms with Gasteiger partial charge in [0.1, 0.15) is 6.54 Å². The average molecular weight is 268 g/mol. The van der Waals surface area contributed by atoms with Crippen molar-refractivity contribution in [2.75, 3.05) is 12.3 Å². The van der Waals surface area contributed by atoms with E-state index in [1.165, 1.54) is 0 Å². The number of fused-ring (bicyclic) bond motifs is 1. The Labute approximate surface area is 109 Å². The maximum atomic E-state index is 11.6. The highest BCUT2D eigenvalue weighted by Gasteiger charge is 2.12. The minimum absolute atomic E-state index is 0.0595. The number of nitrogen functional groups attached to an aromatic ring is 1. The van der Waals surface area contributed by atoms with Crippen molar-refractivity contribution < 1.29 is 9.53 Å². The Kier molecular flexibility index (Phi) is 3.72. The van der Waals surface area contributed by atoms with Crippen molar-refractivity contribution in [1.29, 1.82) is 0 Å². The number of ether oxygens (including phenoxy) is 1. The van der Waals surface area contributed by atoms with E-state index in [2.05, 4.69) is 4.98 Å². The van der Waals surface area contributed by atoms with Crippen LogP contribution < -0.4 is 5.73 Å². The third-order valence-electron chi connectivity index (χ3n) is 2.49. The number of hydrogen-bond acceptors (Lipinski definition) is 4. The molecule has 0 radical (unpaired) electrons. The summed E-state index contributed by atoms with van der Waals surface area (Å²) in [4.78, 5) is 15.7. The lowest BCUT2D eigenvalue weighted by atomic mass is 10.3. The highest BCUT2D eigenvalue weighted by molar-refractivity contribution is 6.31. The summed E-state index contributed by atoms with van der Waals surface area (Å²) in [7, 11) is 0. The largest absolute Gasteiger partial charge is 0.464 e. The van der Waals surface area contributed by atoms with E-state index in [0.717, 1.165) is 11.9 Å². The molecule has 96 valence electrons. The molecule has 0 aliphatic heterocycles. The van der Waals surface area contributed by atoms with Gasteiger partial charge in [-0.25, -0.2) is 4.98 Å². The zero-order valence-electron chi connectivity index (χ0n) is 10.0. The number of carbonyl (C=O) groups is 1. The number of nitrogens with zero attached hydrogens (tertiary/aromatic N) is 2. The van der Waals surface area contributed by atoms with Gasteiger partial charge in [-0.1, -0.05) is 18.5 Å². The van der Waals surface area contributed by atoms with Crippen molar-refractivity contribution in [3.63, 3.8) is 0 Å². The van der Waals surface area contributed by atoms with Gasteiger partial charge in [-0.3, -0.25) is 9.36 Å². The van der Waals surface area contributed by atoms with Crippen LogP contribution in [0.2, 0.25) is 5.02 Å². The predicted molar refractivity (Wildman–Crippen MR) is 70.4 cm³/mol. The molecule has 18 heavy (non-hydrogen) atoms. The minimum atomic E-state index is -0.321. The van der Waals surface area contributed by atoms with E-state index in [1.54, 1.807) is 22.8 Å². The van der Waals surface area contributed by atoms with Crippen LogP contribution in [0.5, 0.6) is 0 Å². The van der Waals surface area contributed by atoms with Crippen molar-refractivity contribution in [2.45, 2.75) is 19.9 Å². The first kappa shape index (κ1) is 12.7. The van der Waals surface area contributed by atoms with E-state index >= 15 is 0 Å². The number of rotatable bonds is 4. The van der Waals surface area contributed by atoms with E-state index < -0.39 is 0 Å². The standard InChI is InChI=1S/C12H14ClN3O2/c1-2-5-18-11(17)7-16-10-4-3-8(13)6-9(10)15-12(16)14/h3-4,6H,2,5,7H2,1H3,(H2,14,15). The number of hydrogen-bond donors (Lipinski definition) is 1. The quantitative estimate of drug-likeness (QED) is 0.863. The molecule has 0 aliphatic rings. The number of imidazole rings is 1. The van der Waals surface area contributed by atoms with Gasteiger partial charge in [0, 0.05) is 5.02 Å². The van der Waals surface area contributed by atoms with Gasteiger partial charge in [-0.15, -0.1) is 0 Å². The Morgan fingerprint density at radius 3 is 3.06 bits per heavy atom. The highest BCUT2D eigenvalue weighted by atomic mass is 35.5. The first-order chi connectivity index (χ1) is 8.61. The maximum Gasteiger partial charge on any atom is 0.326 e. The summed E-state index contributed by atoms with van der Waals surface area (Å²) in [6, 6.07) is 5.23. The number of esters is 1. The van der Waals surface area contributed by atoms with Crippen molar-refractivity contribution in [2.24, 2.45) is 0 Å². The van der Waals surface area contributed by atoms with Gasteiger partial charge in [0.05, 0.1) is 17.6 Å². The molecule has 2 aromatic rings. The molecule has 1 aromatic heterocycles. The molecule has 5 nitrogen and oxygen atoms in total. The molecule has 1 aromatic carbocycles. The first-order valence-corrected chi connectivity index (χ1v) is 6.06. The molecule has 0 aliphatic carbocycles. The SMILES string of the molecule is CCCOC(=O)Cn1c(N)nc2cc(Cl)ccc21.